The molecule has 1 aromatic carbocycles. The van der Waals surface area contributed by atoms with Crippen molar-refractivity contribution in [1.29, 1.82) is 0 Å². The smallest absolute Gasteiger partial charge is 0.324 e. The maximum atomic E-state index is 9.18. The molecule has 1 atom stereocenters. The van der Waals surface area contributed by atoms with Gasteiger partial charge in [-0.25, -0.2) is 9.97 Å². The number of aromatic nitrogens is 4. The van der Waals surface area contributed by atoms with Gasteiger partial charge in [0.1, 0.15) is 0 Å². The normalized spacial score (nSPS) is 17.0. The Morgan fingerprint density at radius 2 is 1.78 bits per heavy atom. The van der Waals surface area contributed by atoms with E-state index in [-0.39, 0.29) is 18.5 Å². The minimum Gasteiger partial charge on any atom is -0.396 e. The third kappa shape index (κ3) is 4.32. The molecule has 0 saturated carbocycles. The van der Waals surface area contributed by atoms with Crippen LogP contribution in [-0.4, -0.2) is 44.9 Å². The lowest BCUT2D eigenvalue weighted by Crippen LogP contribution is -2.35. The van der Waals surface area contributed by atoms with Crippen molar-refractivity contribution in [2.75, 3.05) is 30.3 Å². The van der Waals surface area contributed by atoms with Crippen molar-refractivity contribution in [3.63, 3.8) is 0 Å². The molecular formula is C24H32N6O2. The molecule has 2 aromatic heterocycles. The van der Waals surface area contributed by atoms with Crippen LogP contribution in [0.1, 0.15) is 51.4 Å². The summed E-state index contributed by atoms with van der Waals surface area (Å²) in [5.74, 6) is 1.80. The number of rotatable bonds is 7. The molecule has 1 aliphatic rings. The Morgan fingerprint density at radius 3 is 2.38 bits per heavy atom. The molecule has 4 rings (SSSR count). The maximum absolute atomic E-state index is 9.18. The van der Waals surface area contributed by atoms with Crippen LogP contribution >= 0.6 is 0 Å². The Bertz CT molecular complexity index is 1010. The van der Waals surface area contributed by atoms with E-state index in [1.54, 1.807) is 12.4 Å². The Hall–Kier alpha value is -3.00. The van der Waals surface area contributed by atoms with Crippen LogP contribution < -0.4 is 10.6 Å². The second-order valence-electron chi connectivity index (χ2n) is 9.11. The molecule has 0 amide bonds. The van der Waals surface area contributed by atoms with Gasteiger partial charge in [0.2, 0.25) is 5.95 Å². The SMILES string of the molecule is CC(C)C(C)(c1ccc(-c2cnc(N)nc2)cc1)c1noc(N2CCC(CCO)CC2)n1. The molecule has 0 radical (unpaired) electrons. The molecule has 0 spiro atoms. The Morgan fingerprint density at radius 1 is 1.12 bits per heavy atom. The van der Waals surface area contributed by atoms with Gasteiger partial charge in [0.25, 0.3) is 0 Å². The monoisotopic (exact) mass is 436 g/mol. The second-order valence-corrected chi connectivity index (χ2v) is 9.11. The number of nitrogen functional groups attached to an aromatic ring is 1. The highest BCUT2D eigenvalue weighted by atomic mass is 16.5. The van der Waals surface area contributed by atoms with Gasteiger partial charge in [-0.3, -0.25) is 0 Å². The summed E-state index contributed by atoms with van der Waals surface area (Å²) < 4.78 is 5.71. The zero-order valence-corrected chi connectivity index (χ0v) is 19.0. The summed E-state index contributed by atoms with van der Waals surface area (Å²) in [6, 6.07) is 8.95. The van der Waals surface area contributed by atoms with Crippen LogP contribution in [0.5, 0.6) is 0 Å². The number of nitrogens with zero attached hydrogens (tertiary/aromatic N) is 5. The number of hydrogen-bond acceptors (Lipinski definition) is 8. The predicted octanol–water partition coefficient (Wildman–Crippen LogP) is 3.67. The van der Waals surface area contributed by atoms with E-state index in [4.69, 9.17) is 15.2 Å². The van der Waals surface area contributed by atoms with E-state index in [2.05, 4.69) is 65.1 Å². The number of aliphatic hydroxyl groups is 1. The Kier molecular flexibility index (Phi) is 6.41. The van der Waals surface area contributed by atoms with Crippen molar-refractivity contribution in [3.8, 4) is 11.1 Å². The molecule has 1 unspecified atom stereocenters. The average Bonchev–Trinajstić information content (AvgIpc) is 3.30. The zero-order chi connectivity index (χ0) is 22.7. The highest BCUT2D eigenvalue weighted by Gasteiger charge is 2.38. The highest BCUT2D eigenvalue weighted by molar-refractivity contribution is 5.62. The van der Waals surface area contributed by atoms with E-state index in [0.717, 1.165) is 49.0 Å². The first-order valence-corrected chi connectivity index (χ1v) is 11.3. The quantitative estimate of drug-likeness (QED) is 0.577. The Balaban J connectivity index is 1.56. The minimum atomic E-state index is -0.396. The number of benzene rings is 1. The van der Waals surface area contributed by atoms with E-state index in [9.17, 15) is 5.11 Å². The molecule has 8 heteroatoms. The van der Waals surface area contributed by atoms with E-state index < -0.39 is 5.41 Å². The summed E-state index contributed by atoms with van der Waals surface area (Å²) in [5.41, 5.74) is 8.28. The van der Waals surface area contributed by atoms with Crippen molar-refractivity contribution in [2.24, 2.45) is 11.8 Å². The number of nitrogens with two attached hydrogens (primary N) is 1. The topological polar surface area (TPSA) is 114 Å². The fourth-order valence-electron chi connectivity index (χ4n) is 4.37. The van der Waals surface area contributed by atoms with Crippen LogP contribution in [-0.2, 0) is 5.41 Å². The molecule has 1 fully saturated rings. The molecule has 0 bridgehead atoms. The van der Waals surface area contributed by atoms with Crippen molar-refractivity contribution in [1.82, 2.24) is 20.1 Å². The molecule has 170 valence electrons. The summed E-state index contributed by atoms with van der Waals surface area (Å²) in [6.07, 6.45) is 6.40. The van der Waals surface area contributed by atoms with Crippen LogP contribution in [0.25, 0.3) is 11.1 Å². The minimum absolute atomic E-state index is 0.256. The summed E-state index contributed by atoms with van der Waals surface area (Å²) >= 11 is 0. The van der Waals surface area contributed by atoms with Crippen LogP contribution in [0, 0.1) is 11.8 Å². The van der Waals surface area contributed by atoms with Crippen LogP contribution in [0.4, 0.5) is 12.0 Å². The number of anilines is 2. The van der Waals surface area contributed by atoms with Gasteiger partial charge < -0.3 is 20.3 Å². The molecule has 0 aliphatic carbocycles. The molecular weight excluding hydrogens is 404 g/mol. The largest absolute Gasteiger partial charge is 0.396 e. The van der Waals surface area contributed by atoms with Gasteiger partial charge in [0, 0.05) is 37.7 Å². The highest BCUT2D eigenvalue weighted by Crippen LogP contribution is 2.39. The molecule has 8 nitrogen and oxygen atoms in total. The number of piperidine rings is 1. The Labute approximate surface area is 188 Å². The predicted molar refractivity (Wildman–Crippen MR) is 124 cm³/mol. The standard InChI is InChI=1S/C24H32N6O2/c1-16(2)24(3,20-6-4-18(5-7-20)19-14-26-22(25)27-15-19)21-28-23(32-29-21)30-11-8-17(9-12-30)10-13-31/h4-7,14-17,31H,8-13H2,1-3H3,(H2,25,26,27). The van der Waals surface area contributed by atoms with E-state index in [1.165, 1.54) is 0 Å². The van der Waals surface area contributed by atoms with Crippen molar-refractivity contribution >= 4 is 12.0 Å². The zero-order valence-electron chi connectivity index (χ0n) is 19.0. The second kappa shape index (κ2) is 9.24. The third-order valence-corrected chi connectivity index (χ3v) is 6.95. The lowest BCUT2D eigenvalue weighted by atomic mass is 9.72. The van der Waals surface area contributed by atoms with Crippen molar-refractivity contribution in [2.45, 2.75) is 45.4 Å². The van der Waals surface area contributed by atoms with Crippen LogP contribution in [0.3, 0.4) is 0 Å². The molecule has 32 heavy (non-hydrogen) atoms. The van der Waals surface area contributed by atoms with E-state index >= 15 is 0 Å². The third-order valence-electron chi connectivity index (χ3n) is 6.95. The van der Waals surface area contributed by atoms with Gasteiger partial charge in [0.05, 0.1) is 5.41 Å². The van der Waals surface area contributed by atoms with Gasteiger partial charge in [-0.15, -0.1) is 0 Å². The first-order chi connectivity index (χ1) is 15.4. The lowest BCUT2D eigenvalue weighted by Gasteiger charge is -2.32. The average molecular weight is 437 g/mol. The van der Waals surface area contributed by atoms with Crippen LogP contribution in [0.15, 0.2) is 41.2 Å². The molecule has 3 aromatic rings. The van der Waals surface area contributed by atoms with Crippen molar-refractivity contribution < 1.29 is 9.63 Å². The molecule has 3 heterocycles. The summed E-state index contributed by atoms with van der Waals surface area (Å²) in [7, 11) is 0. The first kappa shape index (κ1) is 22.2. The fraction of sp³-hybridized carbons (Fsp3) is 0.500. The number of hydrogen-bond donors (Lipinski definition) is 2. The first-order valence-electron chi connectivity index (χ1n) is 11.3. The number of aliphatic hydroxyl groups excluding tert-OH is 1. The van der Waals surface area contributed by atoms with E-state index in [1.807, 2.05) is 0 Å². The van der Waals surface area contributed by atoms with E-state index in [0.29, 0.717) is 17.8 Å². The van der Waals surface area contributed by atoms with Crippen molar-refractivity contribution in [3.05, 3.63) is 48.0 Å². The van der Waals surface area contributed by atoms with Gasteiger partial charge in [-0.1, -0.05) is 43.3 Å². The lowest BCUT2D eigenvalue weighted by molar-refractivity contribution is 0.238. The van der Waals surface area contributed by atoms with Gasteiger partial charge in [-0.05, 0) is 49.1 Å². The fourth-order valence-corrected chi connectivity index (χ4v) is 4.37. The molecule has 3 N–H and O–H groups in total. The van der Waals surface area contributed by atoms with Gasteiger partial charge in [0.15, 0.2) is 5.82 Å². The maximum Gasteiger partial charge on any atom is 0.324 e. The molecule has 1 saturated heterocycles. The van der Waals surface area contributed by atoms with Gasteiger partial charge >= 0.3 is 6.01 Å². The summed E-state index contributed by atoms with van der Waals surface area (Å²) in [6.45, 7) is 8.54. The summed E-state index contributed by atoms with van der Waals surface area (Å²) in [5, 5.41) is 13.6. The van der Waals surface area contributed by atoms with Crippen LogP contribution in [0.2, 0.25) is 0 Å². The molecule has 1 aliphatic heterocycles. The van der Waals surface area contributed by atoms with Gasteiger partial charge in [-0.2, -0.15) is 4.98 Å². The summed E-state index contributed by atoms with van der Waals surface area (Å²) in [4.78, 5) is 15.2.